The van der Waals surface area contributed by atoms with Gasteiger partial charge in [-0.2, -0.15) is 0 Å². The van der Waals surface area contributed by atoms with Crippen LogP contribution in [0.3, 0.4) is 0 Å². The van der Waals surface area contributed by atoms with E-state index in [1.165, 1.54) is 12.8 Å². The topological polar surface area (TPSA) is 55.4 Å². The zero-order chi connectivity index (χ0) is 16.0. The zero-order valence-corrected chi connectivity index (χ0v) is 14.0. The summed E-state index contributed by atoms with van der Waals surface area (Å²) >= 11 is 0. The number of benzene rings is 2. The average molecular weight is 331 g/mol. The molecule has 0 heterocycles. The second-order valence-corrected chi connectivity index (χ2v) is 8.49. The first kappa shape index (κ1) is 15.0. The van der Waals surface area contributed by atoms with Gasteiger partial charge in [0.15, 0.2) is 0 Å². The Bertz CT molecular complexity index is 846. The summed E-state index contributed by atoms with van der Waals surface area (Å²) in [5, 5.41) is 1.88. The molecule has 2 aromatic rings. The fourth-order valence-corrected chi connectivity index (χ4v) is 5.51. The molecule has 2 saturated carbocycles. The van der Waals surface area contributed by atoms with E-state index in [0.717, 1.165) is 35.3 Å². The van der Waals surface area contributed by atoms with Crippen LogP contribution in [0.2, 0.25) is 0 Å². The normalized spacial score (nSPS) is 26.7. The van der Waals surface area contributed by atoms with E-state index < -0.39 is 10.0 Å². The van der Waals surface area contributed by atoms with Crippen molar-refractivity contribution in [2.45, 2.75) is 36.6 Å². The second-order valence-electron chi connectivity index (χ2n) is 6.78. The Morgan fingerprint density at radius 2 is 1.83 bits per heavy atom. The summed E-state index contributed by atoms with van der Waals surface area (Å²) < 4.78 is 33.5. The molecule has 0 amide bonds. The second kappa shape index (κ2) is 5.49. The Morgan fingerprint density at radius 1 is 1.04 bits per heavy atom. The molecule has 5 heteroatoms. The lowest BCUT2D eigenvalue weighted by Crippen LogP contribution is -2.38. The molecule has 122 valence electrons. The molecule has 4 nitrogen and oxygen atoms in total. The van der Waals surface area contributed by atoms with E-state index in [1.54, 1.807) is 19.2 Å². The number of ether oxygens (including phenoxy) is 1. The number of sulfonamides is 1. The van der Waals surface area contributed by atoms with E-state index in [9.17, 15) is 8.42 Å². The minimum atomic E-state index is -3.45. The van der Waals surface area contributed by atoms with Gasteiger partial charge in [-0.05, 0) is 66.1 Å². The Kier molecular flexibility index (Phi) is 3.58. The molecule has 23 heavy (non-hydrogen) atoms. The standard InChI is InChI=1S/C18H21NO3S/c1-22-16-6-4-14-11-17(7-5-13(14)10-16)23(20,21)19-18-9-12-2-3-15(18)8-12/h4-7,10-12,15,18-19H,2-3,8-9H2,1H3. The lowest BCUT2D eigenvalue weighted by molar-refractivity contribution is 0.390. The van der Waals surface area contributed by atoms with Crippen molar-refractivity contribution in [2.24, 2.45) is 11.8 Å². The van der Waals surface area contributed by atoms with Gasteiger partial charge in [0.05, 0.1) is 12.0 Å². The highest BCUT2D eigenvalue weighted by molar-refractivity contribution is 7.89. The van der Waals surface area contributed by atoms with E-state index in [-0.39, 0.29) is 6.04 Å². The summed E-state index contributed by atoms with van der Waals surface area (Å²) in [5.74, 6) is 2.02. The Labute approximate surface area is 136 Å². The predicted molar refractivity (Wildman–Crippen MR) is 90.1 cm³/mol. The molecule has 0 saturated heterocycles. The van der Waals surface area contributed by atoms with Crippen molar-refractivity contribution in [3.05, 3.63) is 36.4 Å². The molecule has 2 fully saturated rings. The maximum absolute atomic E-state index is 12.7. The molecule has 3 atom stereocenters. The molecule has 3 unspecified atom stereocenters. The van der Waals surface area contributed by atoms with Crippen LogP contribution in [-0.2, 0) is 10.0 Å². The highest BCUT2D eigenvalue weighted by Crippen LogP contribution is 2.44. The van der Waals surface area contributed by atoms with Gasteiger partial charge in [0.25, 0.3) is 0 Å². The van der Waals surface area contributed by atoms with Crippen LogP contribution in [0.4, 0.5) is 0 Å². The highest BCUT2D eigenvalue weighted by Gasteiger charge is 2.41. The van der Waals surface area contributed by atoms with Crippen molar-refractivity contribution >= 4 is 20.8 Å². The van der Waals surface area contributed by atoms with Crippen molar-refractivity contribution < 1.29 is 13.2 Å². The first-order valence-electron chi connectivity index (χ1n) is 8.15. The van der Waals surface area contributed by atoms with E-state index in [4.69, 9.17) is 4.74 Å². The third kappa shape index (κ3) is 2.72. The van der Waals surface area contributed by atoms with E-state index in [0.29, 0.717) is 10.8 Å². The molecular weight excluding hydrogens is 310 g/mol. The van der Waals surface area contributed by atoms with Gasteiger partial charge >= 0.3 is 0 Å². The third-order valence-electron chi connectivity index (χ3n) is 5.37. The van der Waals surface area contributed by atoms with Gasteiger partial charge in [-0.15, -0.1) is 0 Å². The van der Waals surface area contributed by atoms with Gasteiger partial charge in [0.2, 0.25) is 10.0 Å². The van der Waals surface area contributed by atoms with Crippen LogP contribution in [-0.4, -0.2) is 21.6 Å². The van der Waals surface area contributed by atoms with Gasteiger partial charge in [-0.1, -0.05) is 18.6 Å². The van der Waals surface area contributed by atoms with Gasteiger partial charge in [-0.3, -0.25) is 0 Å². The van der Waals surface area contributed by atoms with E-state index in [1.807, 2.05) is 24.3 Å². The quantitative estimate of drug-likeness (QED) is 0.935. The van der Waals surface area contributed by atoms with Gasteiger partial charge in [0, 0.05) is 6.04 Å². The lowest BCUT2D eigenvalue weighted by atomic mass is 9.96. The molecule has 0 aromatic heterocycles. The van der Waals surface area contributed by atoms with E-state index in [2.05, 4.69) is 4.72 Å². The number of hydrogen-bond donors (Lipinski definition) is 1. The fourth-order valence-electron chi connectivity index (χ4n) is 4.15. The molecule has 4 rings (SSSR count). The number of hydrogen-bond acceptors (Lipinski definition) is 3. The fraction of sp³-hybridized carbons (Fsp3) is 0.444. The first-order chi connectivity index (χ1) is 11.0. The average Bonchev–Trinajstić information content (AvgIpc) is 3.16. The van der Waals surface area contributed by atoms with Crippen LogP contribution in [0.1, 0.15) is 25.7 Å². The molecule has 0 spiro atoms. The van der Waals surface area contributed by atoms with Crippen molar-refractivity contribution in [3.63, 3.8) is 0 Å². The summed E-state index contributed by atoms with van der Waals surface area (Å²) in [6, 6.07) is 11.0. The summed E-state index contributed by atoms with van der Waals surface area (Å²) in [5.41, 5.74) is 0. The van der Waals surface area contributed by atoms with Crippen LogP contribution in [0.15, 0.2) is 41.3 Å². The summed E-state index contributed by atoms with van der Waals surface area (Å²) in [7, 11) is -1.83. The maximum Gasteiger partial charge on any atom is 0.240 e. The largest absolute Gasteiger partial charge is 0.497 e. The highest BCUT2D eigenvalue weighted by atomic mass is 32.2. The van der Waals surface area contributed by atoms with Crippen LogP contribution in [0.5, 0.6) is 5.75 Å². The smallest absolute Gasteiger partial charge is 0.240 e. The minimum Gasteiger partial charge on any atom is -0.497 e. The number of nitrogens with one attached hydrogen (secondary N) is 1. The lowest BCUT2D eigenvalue weighted by Gasteiger charge is -2.22. The van der Waals surface area contributed by atoms with Crippen molar-refractivity contribution in [1.82, 2.24) is 4.72 Å². The van der Waals surface area contributed by atoms with Crippen LogP contribution in [0, 0.1) is 11.8 Å². The summed E-state index contributed by atoms with van der Waals surface area (Å²) in [6.45, 7) is 0. The summed E-state index contributed by atoms with van der Waals surface area (Å²) in [6.07, 6.45) is 4.61. The summed E-state index contributed by atoms with van der Waals surface area (Å²) in [4.78, 5) is 0.345. The molecule has 2 bridgehead atoms. The van der Waals surface area contributed by atoms with Crippen LogP contribution >= 0.6 is 0 Å². The minimum absolute atomic E-state index is 0.116. The molecular formula is C18H21NO3S. The molecule has 1 N–H and O–H groups in total. The Morgan fingerprint density at radius 3 is 2.52 bits per heavy atom. The van der Waals surface area contributed by atoms with Gasteiger partial charge in [0.1, 0.15) is 5.75 Å². The maximum atomic E-state index is 12.7. The van der Waals surface area contributed by atoms with E-state index >= 15 is 0 Å². The monoisotopic (exact) mass is 331 g/mol. The SMILES string of the molecule is COc1ccc2cc(S(=O)(=O)NC3CC4CCC3C4)ccc2c1. The first-order valence-corrected chi connectivity index (χ1v) is 9.63. The molecule has 0 radical (unpaired) electrons. The van der Waals surface area contributed by atoms with Crippen LogP contribution < -0.4 is 9.46 Å². The third-order valence-corrected chi connectivity index (χ3v) is 6.86. The molecule has 0 aliphatic heterocycles. The van der Waals surface area contributed by atoms with Crippen molar-refractivity contribution in [3.8, 4) is 5.75 Å². The van der Waals surface area contributed by atoms with Crippen molar-refractivity contribution in [1.29, 1.82) is 0 Å². The zero-order valence-electron chi connectivity index (χ0n) is 13.2. The predicted octanol–water partition coefficient (Wildman–Crippen LogP) is 3.32. The van der Waals surface area contributed by atoms with Gasteiger partial charge in [-0.25, -0.2) is 13.1 Å². The number of rotatable bonds is 4. The van der Waals surface area contributed by atoms with Crippen LogP contribution in [0.25, 0.3) is 10.8 Å². The Hall–Kier alpha value is -1.59. The molecule has 2 aromatic carbocycles. The van der Waals surface area contributed by atoms with Gasteiger partial charge < -0.3 is 4.74 Å². The number of methoxy groups -OCH3 is 1. The molecule has 2 aliphatic rings. The van der Waals surface area contributed by atoms with Crippen molar-refractivity contribution in [2.75, 3.05) is 7.11 Å². The number of fused-ring (bicyclic) bond motifs is 3. The molecule has 2 aliphatic carbocycles. The Balaban J connectivity index is 1.62.